The Bertz CT molecular complexity index is 1420. The van der Waals surface area contributed by atoms with Gasteiger partial charge >= 0.3 is 6.18 Å². The number of hydrogen-bond acceptors (Lipinski definition) is 6. The second kappa shape index (κ2) is 8.53. The Labute approximate surface area is 196 Å². The van der Waals surface area contributed by atoms with E-state index >= 15 is 0 Å². The van der Waals surface area contributed by atoms with Crippen LogP contribution in [0, 0.1) is 5.82 Å². The summed E-state index contributed by atoms with van der Waals surface area (Å²) in [6, 6.07) is 5.85. The Balaban J connectivity index is 1.63. The lowest BCUT2D eigenvalue weighted by molar-refractivity contribution is -0.137. The molecular weight excluding hydrogens is 468 g/mol. The molecule has 0 aliphatic carbocycles. The number of anilines is 1. The van der Waals surface area contributed by atoms with Crippen LogP contribution in [0.1, 0.15) is 28.4 Å². The minimum atomic E-state index is -4.48. The van der Waals surface area contributed by atoms with Crippen molar-refractivity contribution in [1.82, 2.24) is 24.9 Å². The molecule has 0 saturated carbocycles. The van der Waals surface area contributed by atoms with Gasteiger partial charge in [0.05, 0.1) is 24.5 Å². The van der Waals surface area contributed by atoms with Crippen molar-refractivity contribution in [1.29, 1.82) is 0 Å². The molecule has 5 rings (SSSR count). The van der Waals surface area contributed by atoms with Crippen LogP contribution in [0.15, 0.2) is 48.9 Å². The van der Waals surface area contributed by atoms with Crippen LogP contribution in [0.2, 0.25) is 0 Å². The highest BCUT2D eigenvalue weighted by atomic mass is 19.4. The van der Waals surface area contributed by atoms with Crippen molar-refractivity contribution >= 4 is 17.4 Å². The van der Waals surface area contributed by atoms with Gasteiger partial charge in [-0.2, -0.15) is 18.3 Å². The van der Waals surface area contributed by atoms with Crippen molar-refractivity contribution in [2.24, 2.45) is 0 Å². The zero-order valence-electron chi connectivity index (χ0n) is 18.2. The van der Waals surface area contributed by atoms with Crippen molar-refractivity contribution in [3.63, 3.8) is 0 Å². The first-order chi connectivity index (χ1) is 16.7. The van der Waals surface area contributed by atoms with Crippen LogP contribution in [0.25, 0.3) is 16.8 Å². The first-order valence-electron chi connectivity index (χ1n) is 10.6. The molecule has 1 aliphatic heterocycles. The van der Waals surface area contributed by atoms with E-state index in [2.05, 4.69) is 25.7 Å². The topological polar surface area (TPSA) is 93.4 Å². The number of alkyl halides is 3. The fourth-order valence-corrected chi connectivity index (χ4v) is 3.70. The molecule has 35 heavy (non-hydrogen) atoms. The maximum atomic E-state index is 13.9. The number of ether oxygens (including phenoxy) is 1. The fraction of sp³-hybridized carbons (Fsp3) is 0.217. The molecule has 1 atom stereocenters. The van der Waals surface area contributed by atoms with Gasteiger partial charge in [-0.3, -0.25) is 4.79 Å². The summed E-state index contributed by atoms with van der Waals surface area (Å²) < 4.78 is 60.2. The predicted molar refractivity (Wildman–Crippen MR) is 117 cm³/mol. The number of carbonyl (C=O) groups excluding carboxylic acids is 1. The Hall–Kier alpha value is -4.22. The highest BCUT2D eigenvalue weighted by molar-refractivity contribution is 6.00. The lowest BCUT2D eigenvalue weighted by Crippen LogP contribution is -2.33. The molecule has 4 aromatic rings. The van der Waals surface area contributed by atoms with Crippen molar-refractivity contribution < 1.29 is 27.1 Å². The van der Waals surface area contributed by atoms with E-state index < -0.39 is 29.6 Å². The molecule has 0 fully saturated rings. The van der Waals surface area contributed by atoms with E-state index in [1.165, 1.54) is 28.9 Å². The molecule has 8 nitrogen and oxygen atoms in total. The number of carbonyl (C=O) groups is 1. The van der Waals surface area contributed by atoms with Crippen molar-refractivity contribution in [3.8, 4) is 17.0 Å². The highest BCUT2D eigenvalue weighted by Crippen LogP contribution is 2.33. The normalized spacial score (nSPS) is 16.4. The number of pyridine rings is 1. The van der Waals surface area contributed by atoms with Gasteiger partial charge in [-0.15, -0.1) is 0 Å². The van der Waals surface area contributed by atoms with E-state index in [0.717, 1.165) is 18.3 Å². The van der Waals surface area contributed by atoms with Crippen LogP contribution < -0.4 is 15.4 Å². The summed E-state index contributed by atoms with van der Waals surface area (Å²) in [7, 11) is 0. The zero-order chi connectivity index (χ0) is 24.7. The van der Waals surface area contributed by atoms with Crippen LogP contribution in [0.3, 0.4) is 0 Å². The Morgan fingerprint density at radius 2 is 1.89 bits per heavy atom. The summed E-state index contributed by atoms with van der Waals surface area (Å²) in [5, 5.41) is 10.0. The maximum Gasteiger partial charge on any atom is 0.416 e. The van der Waals surface area contributed by atoms with E-state index in [-0.39, 0.29) is 36.0 Å². The van der Waals surface area contributed by atoms with E-state index in [1.807, 2.05) is 0 Å². The van der Waals surface area contributed by atoms with Gasteiger partial charge in [-0.25, -0.2) is 18.9 Å². The molecule has 0 radical (unpaired) electrons. The quantitative estimate of drug-likeness (QED) is 0.394. The van der Waals surface area contributed by atoms with Crippen LogP contribution in [0.5, 0.6) is 5.88 Å². The molecular formula is C23H18F4N6O2. The zero-order valence-corrected chi connectivity index (χ0v) is 18.2. The summed E-state index contributed by atoms with van der Waals surface area (Å²) in [5.41, 5.74) is 0.921. The molecule has 1 aromatic carbocycles. The summed E-state index contributed by atoms with van der Waals surface area (Å²) in [6.45, 7) is 1.93. The van der Waals surface area contributed by atoms with E-state index in [0.29, 0.717) is 16.7 Å². The number of hydrogen-bond donors (Lipinski definition) is 2. The fourth-order valence-electron chi connectivity index (χ4n) is 3.70. The van der Waals surface area contributed by atoms with E-state index in [4.69, 9.17) is 4.74 Å². The van der Waals surface area contributed by atoms with Crippen LogP contribution >= 0.6 is 0 Å². The Morgan fingerprint density at radius 3 is 2.63 bits per heavy atom. The number of amides is 1. The van der Waals surface area contributed by atoms with Crippen molar-refractivity contribution in [2.45, 2.75) is 25.7 Å². The number of nitrogens with zero attached hydrogens (tertiary/aromatic N) is 4. The SMILES string of the molecule is C[C@H]1CNC(=O)c2cnn3cc(-c4ccc(C(F)(F)F)cc4)c(nc23)NCc2cc(F)cnc2O1. The molecule has 2 N–H and O–H groups in total. The minimum Gasteiger partial charge on any atom is -0.473 e. The average Bonchev–Trinajstić information content (AvgIpc) is 3.24. The third kappa shape index (κ3) is 4.46. The molecule has 1 aliphatic rings. The van der Waals surface area contributed by atoms with E-state index in [1.54, 1.807) is 13.1 Å². The second-order valence-corrected chi connectivity index (χ2v) is 8.01. The molecule has 0 saturated heterocycles. The number of fused-ring (bicyclic) bond motifs is 2. The van der Waals surface area contributed by atoms with Gasteiger partial charge in [-0.05, 0) is 30.7 Å². The summed E-state index contributed by atoms with van der Waals surface area (Å²) in [5.74, 6) is -0.555. The predicted octanol–water partition coefficient (Wildman–Crippen LogP) is 4.07. The molecule has 4 heterocycles. The van der Waals surface area contributed by atoms with Crippen LogP contribution in [-0.4, -0.2) is 38.1 Å². The average molecular weight is 486 g/mol. The number of halogens is 4. The molecule has 0 spiro atoms. The number of benzene rings is 1. The number of nitrogens with one attached hydrogen (secondary N) is 2. The molecule has 3 aromatic heterocycles. The van der Waals surface area contributed by atoms with Gasteiger partial charge in [0.2, 0.25) is 5.88 Å². The minimum absolute atomic E-state index is 0.0501. The monoisotopic (exact) mass is 486 g/mol. The van der Waals surface area contributed by atoms with Crippen molar-refractivity contribution in [2.75, 3.05) is 11.9 Å². The second-order valence-electron chi connectivity index (χ2n) is 8.01. The van der Waals surface area contributed by atoms with Crippen molar-refractivity contribution in [3.05, 3.63) is 71.4 Å². The van der Waals surface area contributed by atoms with Crippen LogP contribution in [0.4, 0.5) is 23.4 Å². The summed E-state index contributed by atoms with van der Waals surface area (Å²) in [6.07, 6.45) is -1.00. The lowest BCUT2D eigenvalue weighted by Gasteiger charge is -2.17. The first-order valence-corrected chi connectivity index (χ1v) is 10.6. The summed E-state index contributed by atoms with van der Waals surface area (Å²) in [4.78, 5) is 21.3. The Morgan fingerprint density at radius 1 is 1.11 bits per heavy atom. The smallest absolute Gasteiger partial charge is 0.416 e. The standard InChI is InChI=1S/C23H18F4N6O2/c1-12-7-29-21(34)17-10-31-33-11-18(13-2-4-15(5-3-13)23(25,26)27)19(32-20(17)33)28-8-14-6-16(24)9-30-22(14)35-12/h2-6,9-12H,7-8H2,1H3,(H,28,32)(H,29,34)/t12-/m0/s1. The van der Waals surface area contributed by atoms with Gasteiger partial charge in [0.1, 0.15) is 23.3 Å². The van der Waals surface area contributed by atoms with E-state index in [9.17, 15) is 22.4 Å². The third-order valence-electron chi connectivity index (χ3n) is 5.46. The summed E-state index contributed by atoms with van der Waals surface area (Å²) >= 11 is 0. The van der Waals surface area contributed by atoms with Gasteiger partial charge in [0.15, 0.2) is 5.65 Å². The molecule has 2 bridgehead atoms. The van der Waals surface area contributed by atoms with Crippen LogP contribution in [-0.2, 0) is 12.7 Å². The van der Waals surface area contributed by atoms with Gasteiger partial charge < -0.3 is 15.4 Å². The number of rotatable bonds is 1. The van der Waals surface area contributed by atoms with Gasteiger partial charge in [-0.1, -0.05) is 12.1 Å². The first kappa shape index (κ1) is 22.6. The molecule has 12 heteroatoms. The maximum absolute atomic E-state index is 13.9. The molecule has 0 unspecified atom stereocenters. The lowest BCUT2D eigenvalue weighted by atomic mass is 10.1. The highest BCUT2D eigenvalue weighted by Gasteiger charge is 2.30. The molecule has 180 valence electrons. The molecule has 1 amide bonds. The van der Waals surface area contributed by atoms with Gasteiger partial charge in [0.25, 0.3) is 5.91 Å². The third-order valence-corrected chi connectivity index (χ3v) is 5.46. The largest absolute Gasteiger partial charge is 0.473 e. The van der Waals surface area contributed by atoms with Gasteiger partial charge in [0, 0.05) is 23.9 Å². The number of aromatic nitrogens is 4. The Kier molecular flexibility index (Phi) is 5.50.